The predicted molar refractivity (Wildman–Crippen MR) is 286 cm³/mol. The van der Waals surface area contributed by atoms with Crippen LogP contribution in [0.1, 0.15) is 295 Å². The third-order valence-corrected chi connectivity index (χ3v) is 24.5. The van der Waals surface area contributed by atoms with Crippen LogP contribution in [0, 0.1) is 35.5 Å². The summed E-state index contributed by atoms with van der Waals surface area (Å²) in [6.07, 6.45) is 70.4. The molecule has 0 aromatic heterocycles. The second-order valence-electron chi connectivity index (χ2n) is 27.8. The highest BCUT2D eigenvalue weighted by Gasteiger charge is 2.64. The Kier molecular flexibility index (Phi) is 16.6. The maximum atomic E-state index is 3.55. The SMILES string of the molecule is C1CCC(N(C2CCCCC2)C2CCC3C4C2CC(N(C2CCCCC2)C2CCCCC2)C2CCC(N(C5CCCCC5)C5CCCCC5)C(CC3N(C3CCCCC3)C3CCCCC3)C24)CC1. The molecule has 0 N–H and O–H groups in total. The lowest BCUT2D eigenvalue weighted by Crippen LogP contribution is -2.72. The number of hydrogen-bond donors (Lipinski definition) is 0. The van der Waals surface area contributed by atoms with Crippen molar-refractivity contribution in [2.24, 2.45) is 35.5 Å². The molecule has 0 heterocycles. The Morgan fingerprint density at radius 2 is 0.353 bits per heavy atom. The normalized spacial score (nSPS) is 40.1. The van der Waals surface area contributed by atoms with E-state index in [9.17, 15) is 0 Å². The van der Waals surface area contributed by atoms with Crippen LogP contribution in [0.5, 0.6) is 0 Å². The van der Waals surface area contributed by atoms with Gasteiger partial charge in [0, 0.05) is 72.5 Å². The van der Waals surface area contributed by atoms with Gasteiger partial charge in [-0.05, 0) is 177 Å². The molecule has 386 valence electrons. The molecular formula is C64H110N4. The third kappa shape index (κ3) is 10.1. The molecule has 0 amide bonds. The fourth-order valence-corrected chi connectivity index (χ4v) is 22.1. The van der Waals surface area contributed by atoms with E-state index in [2.05, 4.69) is 19.6 Å². The van der Waals surface area contributed by atoms with Gasteiger partial charge < -0.3 is 0 Å². The molecule has 0 radical (unpaired) electrons. The topological polar surface area (TPSA) is 13.0 Å². The van der Waals surface area contributed by atoms with Gasteiger partial charge in [0.1, 0.15) is 0 Å². The fourth-order valence-electron chi connectivity index (χ4n) is 22.1. The Labute approximate surface area is 421 Å². The summed E-state index contributed by atoms with van der Waals surface area (Å²) in [6, 6.07) is 10.6. The van der Waals surface area contributed by atoms with Crippen molar-refractivity contribution in [3.8, 4) is 0 Å². The monoisotopic (exact) mass is 935 g/mol. The van der Waals surface area contributed by atoms with Gasteiger partial charge in [-0.2, -0.15) is 0 Å². The van der Waals surface area contributed by atoms with E-state index < -0.39 is 0 Å². The van der Waals surface area contributed by atoms with E-state index in [0.717, 1.165) is 108 Å². The van der Waals surface area contributed by atoms with Crippen LogP contribution in [-0.2, 0) is 0 Å². The zero-order chi connectivity index (χ0) is 45.2. The van der Waals surface area contributed by atoms with Crippen molar-refractivity contribution in [1.29, 1.82) is 0 Å². The molecule has 12 aliphatic carbocycles. The van der Waals surface area contributed by atoms with Crippen molar-refractivity contribution in [2.75, 3.05) is 0 Å². The van der Waals surface area contributed by atoms with Gasteiger partial charge in [-0.25, -0.2) is 0 Å². The molecular weight excluding hydrogens is 825 g/mol. The quantitative estimate of drug-likeness (QED) is 0.193. The van der Waals surface area contributed by atoms with Gasteiger partial charge in [-0.15, -0.1) is 0 Å². The highest BCUT2D eigenvalue weighted by atomic mass is 15.3. The van der Waals surface area contributed by atoms with Gasteiger partial charge in [0.05, 0.1) is 0 Å². The molecule has 10 unspecified atom stereocenters. The van der Waals surface area contributed by atoms with Crippen molar-refractivity contribution in [2.45, 2.75) is 368 Å². The van der Waals surface area contributed by atoms with Crippen LogP contribution in [0.2, 0.25) is 0 Å². The first-order chi connectivity index (χ1) is 33.8. The molecule has 12 saturated carbocycles. The standard InChI is InChI=1S/C64H110N4/c1-9-25-47(26-10-1)65(48-27-11-2-12-28-48)59-43-41-55-62(68(53-37-21-7-22-38-53)54-39-23-8-24-40-54)46-58-60(66(49-29-13-3-14-30-49)50-31-15-4-16-32-50)44-42-56-61(45-57(59)63(55)64(56)58)67(51-33-17-5-18-34-51)52-35-19-6-20-36-52/h47-64H,1-46H2. The molecule has 12 rings (SSSR count). The molecule has 0 aromatic carbocycles. The molecule has 12 aliphatic rings. The number of nitrogens with zero attached hydrogens (tertiary/aromatic N) is 4. The van der Waals surface area contributed by atoms with E-state index in [1.54, 1.807) is 38.5 Å². The molecule has 4 heteroatoms. The number of hydrogen-bond acceptors (Lipinski definition) is 4. The van der Waals surface area contributed by atoms with Gasteiger partial charge in [0.15, 0.2) is 0 Å². The molecule has 4 nitrogen and oxygen atoms in total. The van der Waals surface area contributed by atoms with Crippen LogP contribution in [0.3, 0.4) is 0 Å². The molecule has 0 bridgehead atoms. The molecule has 0 aromatic rings. The maximum absolute atomic E-state index is 3.55. The Bertz CT molecular complexity index is 1310. The summed E-state index contributed by atoms with van der Waals surface area (Å²) < 4.78 is 0. The van der Waals surface area contributed by atoms with Gasteiger partial charge in [-0.1, -0.05) is 154 Å². The van der Waals surface area contributed by atoms with Crippen molar-refractivity contribution in [1.82, 2.24) is 19.6 Å². The van der Waals surface area contributed by atoms with Crippen LogP contribution in [0.25, 0.3) is 0 Å². The Morgan fingerprint density at radius 3 is 0.559 bits per heavy atom. The average molecular weight is 936 g/mol. The minimum absolute atomic E-state index is 0.871. The summed E-state index contributed by atoms with van der Waals surface area (Å²) in [7, 11) is 0. The fraction of sp³-hybridized carbons (Fsp3) is 1.00. The van der Waals surface area contributed by atoms with E-state index in [1.807, 2.05) is 0 Å². The van der Waals surface area contributed by atoms with Crippen molar-refractivity contribution >= 4 is 0 Å². The summed E-state index contributed by atoms with van der Waals surface area (Å²) >= 11 is 0. The summed E-state index contributed by atoms with van der Waals surface area (Å²) in [4.78, 5) is 14.1. The van der Waals surface area contributed by atoms with E-state index in [0.29, 0.717) is 0 Å². The van der Waals surface area contributed by atoms with Crippen LogP contribution in [0.4, 0.5) is 0 Å². The lowest BCUT2D eigenvalue weighted by molar-refractivity contribution is -0.201. The van der Waals surface area contributed by atoms with E-state index >= 15 is 0 Å². The van der Waals surface area contributed by atoms with Crippen LogP contribution >= 0.6 is 0 Å². The van der Waals surface area contributed by atoms with Crippen LogP contribution in [0.15, 0.2) is 0 Å². The van der Waals surface area contributed by atoms with Crippen LogP contribution < -0.4 is 0 Å². The van der Waals surface area contributed by atoms with Crippen molar-refractivity contribution in [3.05, 3.63) is 0 Å². The van der Waals surface area contributed by atoms with E-state index in [-0.39, 0.29) is 0 Å². The molecule has 0 aliphatic heterocycles. The molecule has 68 heavy (non-hydrogen) atoms. The van der Waals surface area contributed by atoms with Gasteiger partial charge in [0.2, 0.25) is 0 Å². The zero-order valence-electron chi connectivity index (χ0n) is 44.7. The van der Waals surface area contributed by atoms with Gasteiger partial charge in [0.25, 0.3) is 0 Å². The summed E-state index contributed by atoms with van der Waals surface area (Å²) in [5.74, 6) is 5.81. The Morgan fingerprint density at radius 1 is 0.162 bits per heavy atom. The summed E-state index contributed by atoms with van der Waals surface area (Å²) in [6.45, 7) is 0. The molecule has 0 spiro atoms. The van der Waals surface area contributed by atoms with Gasteiger partial charge >= 0.3 is 0 Å². The lowest BCUT2D eigenvalue weighted by Gasteiger charge is -2.70. The van der Waals surface area contributed by atoms with E-state index in [1.165, 1.54) is 257 Å². The highest BCUT2D eigenvalue weighted by Crippen LogP contribution is 2.65. The smallest absolute Gasteiger partial charge is 0.0136 e. The minimum Gasteiger partial charge on any atom is -0.294 e. The van der Waals surface area contributed by atoms with Gasteiger partial charge in [-0.3, -0.25) is 19.6 Å². The molecule has 0 saturated heterocycles. The Balaban J connectivity index is 1.00. The first kappa shape index (κ1) is 48.8. The maximum Gasteiger partial charge on any atom is 0.0136 e. The number of rotatable bonds is 12. The Hall–Kier alpha value is -0.160. The predicted octanol–water partition coefficient (Wildman–Crippen LogP) is 16.4. The first-order valence-electron chi connectivity index (χ1n) is 32.9. The second kappa shape index (κ2) is 23.2. The zero-order valence-corrected chi connectivity index (χ0v) is 44.7. The van der Waals surface area contributed by atoms with Crippen molar-refractivity contribution in [3.63, 3.8) is 0 Å². The van der Waals surface area contributed by atoms with Crippen molar-refractivity contribution < 1.29 is 0 Å². The van der Waals surface area contributed by atoms with E-state index in [4.69, 9.17) is 0 Å². The third-order valence-electron chi connectivity index (χ3n) is 24.5. The minimum atomic E-state index is 0.871. The van der Waals surface area contributed by atoms with Crippen LogP contribution in [-0.4, -0.2) is 92.1 Å². The second-order valence-corrected chi connectivity index (χ2v) is 27.8. The summed E-state index contributed by atoms with van der Waals surface area (Å²) in [5, 5.41) is 0. The molecule has 10 atom stereocenters. The molecule has 12 fully saturated rings. The lowest BCUT2D eigenvalue weighted by atomic mass is 9.43. The summed E-state index contributed by atoms with van der Waals surface area (Å²) in [5.41, 5.74) is 0. The largest absolute Gasteiger partial charge is 0.294 e. The first-order valence-corrected chi connectivity index (χ1v) is 32.9. The average Bonchev–Trinajstić information content (AvgIpc) is 3.42. The highest BCUT2D eigenvalue weighted by molar-refractivity contribution is 5.17.